The van der Waals surface area contributed by atoms with Gasteiger partial charge in [-0.2, -0.15) is 0 Å². The van der Waals surface area contributed by atoms with Crippen molar-refractivity contribution in [3.8, 4) is 55.6 Å². The molecule has 0 atom stereocenters. The first-order valence-electron chi connectivity index (χ1n) is 19.3. The molecule has 11 rings (SSSR count). The number of benzene rings is 9. The molecule has 0 heterocycles. The van der Waals surface area contributed by atoms with Crippen molar-refractivity contribution >= 4 is 32.3 Å². The molecule has 9 aromatic rings. The van der Waals surface area contributed by atoms with Crippen molar-refractivity contribution in [3.63, 3.8) is 0 Å². The van der Waals surface area contributed by atoms with Gasteiger partial charge in [0.2, 0.25) is 0 Å². The maximum absolute atomic E-state index is 2.50. The Morgan fingerprint density at radius 1 is 0.296 bits per heavy atom. The monoisotopic (exact) mass is 688 g/mol. The second-order valence-corrected chi connectivity index (χ2v) is 16.4. The zero-order chi connectivity index (χ0) is 36.3. The summed E-state index contributed by atoms with van der Waals surface area (Å²) in [6, 6.07) is 63.8. The first kappa shape index (κ1) is 31.3. The highest BCUT2D eigenvalue weighted by Gasteiger charge is 2.44. The van der Waals surface area contributed by atoms with Crippen molar-refractivity contribution in [3.05, 3.63) is 192 Å². The molecule has 0 unspecified atom stereocenters. The van der Waals surface area contributed by atoms with Crippen LogP contribution in [-0.2, 0) is 10.8 Å². The SMILES string of the molecule is CC1(C)c2ccc(-c3cc(-c4c5ccccc5c(-c5ccccc5)c5ccccc45)c4ccccc4c3)cc2-c2c1ccc1c2C(C)(C)c2ccccc2-1. The fourth-order valence-electron chi connectivity index (χ4n) is 10.3. The van der Waals surface area contributed by atoms with Gasteiger partial charge in [0, 0.05) is 10.8 Å². The quantitative estimate of drug-likeness (QED) is 0.162. The van der Waals surface area contributed by atoms with E-state index in [4.69, 9.17) is 0 Å². The maximum atomic E-state index is 2.50. The van der Waals surface area contributed by atoms with E-state index in [9.17, 15) is 0 Å². The molecule has 54 heavy (non-hydrogen) atoms. The smallest absolute Gasteiger partial charge is 0.0165 e. The summed E-state index contributed by atoms with van der Waals surface area (Å²) in [5.41, 5.74) is 18.7. The molecular weight excluding hydrogens is 649 g/mol. The molecular formula is C54H40. The van der Waals surface area contributed by atoms with Crippen molar-refractivity contribution in [2.75, 3.05) is 0 Å². The summed E-state index contributed by atoms with van der Waals surface area (Å²) in [7, 11) is 0. The third-order valence-electron chi connectivity index (χ3n) is 12.8. The second-order valence-electron chi connectivity index (χ2n) is 16.4. The molecule has 2 aliphatic carbocycles. The van der Waals surface area contributed by atoms with E-state index < -0.39 is 0 Å². The molecule has 256 valence electrons. The summed E-state index contributed by atoms with van der Waals surface area (Å²) >= 11 is 0. The Morgan fingerprint density at radius 2 is 0.852 bits per heavy atom. The summed E-state index contributed by atoms with van der Waals surface area (Å²) in [5.74, 6) is 0. The standard InChI is InChI=1S/C54H40/c1-53(2)47-28-26-34(31-45(47)51-48(53)29-27-43-38-20-14-15-25-46(38)54(3,4)52(43)51)36-30-35-18-8-9-19-37(35)44(32-36)50-41-23-12-10-21-39(41)49(33-16-6-5-7-17-33)40-22-11-13-24-42(40)50/h5-32H,1-4H3. The third kappa shape index (κ3) is 4.20. The zero-order valence-corrected chi connectivity index (χ0v) is 31.2. The lowest BCUT2D eigenvalue weighted by Gasteiger charge is -2.26. The van der Waals surface area contributed by atoms with E-state index in [-0.39, 0.29) is 10.8 Å². The Kier molecular flexibility index (Phi) is 6.46. The minimum absolute atomic E-state index is 0.0873. The summed E-state index contributed by atoms with van der Waals surface area (Å²) < 4.78 is 0. The van der Waals surface area contributed by atoms with Gasteiger partial charge in [-0.3, -0.25) is 0 Å². The van der Waals surface area contributed by atoms with Crippen LogP contribution in [0.4, 0.5) is 0 Å². The van der Waals surface area contributed by atoms with Crippen LogP contribution in [-0.4, -0.2) is 0 Å². The van der Waals surface area contributed by atoms with Gasteiger partial charge >= 0.3 is 0 Å². The first-order chi connectivity index (χ1) is 26.3. The van der Waals surface area contributed by atoms with E-state index in [1.54, 1.807) is 0 Å². The van der Waals surface area contributed by atoms with Crippen LogP contribution in [0.15, 0.2) is 170 Å². The number of rotatable bonds is 3. The molecule has 0 saturated heterocycles. The van der Waals surface area contributed by atoms with Gasteiger partial charge in [0.15, 0.2) is 0 Å². The van der Waals surface area contributed by atoms with E-state index >= 15 is 0 Å². The molecule has 0 bridgehead atoms. The van der Waals surface area contributed by atoms with Crippen LogP contribution in [0.25, 0.3) is 88.0 Å². The number of hydrogen-bond donors (Lipinski definition) is 0. The van der Waals surface area contributed by atoms with Gasteiger partial charge in [0.05, 0.1) is 0 Å². The van der Waals surface area contributed by atoms with Crippen LogP contribution in [0, 0.1) is 0 Å². The van der Waals surface area contributed by atoms with Gasteiger partial charge in [-0.15, -0.1) is 0 Å². The Labute approximate surface area is 317 Å². The summed E-state index contributed by atoms with van der Waals surface area (Å²) in [4.78, 5) is 0. The molecule has 0 fully saturated rings. The lowest BCUT2D eigenvalue weighted by Crippen LogP contribution is -2.18. The van der Waals surface area contributed by atoms with E-state index in [1.807, 2.05) is 0 Å². The van der Waals surface area contributed by atoms with Gasteiger partial charge in [-0.25, -0.2) is 0 Å². The minimum atomic E-state index is -0.0882. The van der Waals surface area contributed by atoms with E-state index in [1.165, 1.54) is 110 Å². The predicted molar refractivity (Wildman–Crippen MR) is 230 cm³/mol. The van der Waals surface area contributed by atoms with Crippen LogP contribution in [0.2, 0.25) is 0 Å². The van der Waals surface area contributed by atoms with E-state index in [0.29, 0.717) is 0 Å². The maximum Gasteiger partial charge on any atom is 0.0165 e. The Bertz CT molecular complexity index is 2970. The van der Waals surface area contributed by atoms with Crippen molar-refractivity contribution in [2.45, 2.75) is 38.5 Å². The summed E-state index contributed by atoms with van der Waals surface area (Å²) in [6.45, 7) is 9.64. The van der Waals surface area contributed by atoms with Crippen LogP contribution in [0.3, 0.4) is 0 Å². The van der Waals surface area contributed by atoms with Crippen molar-refractivity contribution in [2.24, 2.45) is 0 Å². The van der Waals surface area contributed by atoms with Gasteiger partial charge in [0.1, 0.15) is 0 Å². The Morgan fingerprint density at radius 3 is 1.57 bits per heavy atom. The minimum Gasteiger partial charge on any atom is -0.0622 e. The van der Waals surface area contributed by atoms with Crippen molar-refractivity contribution in [1.29, 1.82) is 0 Å². The van der Waals surface area contributed by atoms with Crippen LogP contribution in [0.5, 0.6) is 0 Å². The molecule has 0 saturated carbocycles. The lowest BCUT2D eigenvalue weighted by molar-refractivity contribution is 0.647. The molecule has 0 amide bonds. The highest BCUT2D eigenvalue weighted by Crippen LogP contribution is 2.59. The molecule has 0 aromatic heterocycles. The molecule has 2 aliphatic rings. The normalized spacial score (nSPS) is 14.6. The highest BCUT2D eigenvalue weighted by atomic mass is 14.5. The van der Waals surface area contributed by atoms with Crippen molar-refractivity contribution < 1.29 is 0 Å². The van der Waals surface area contributed by atoms with Gasteiger partial charge in [-0.1, -0.05) is 179 Å². The number of fused-ring (bicyclic) bond motifs is 10. The molecule has 0 aliphatic heterocycles. The largest absolute Gasteiger partial charge is 0.0622 e. The Balaban J connectivity index is 1.18. The lowest BCUT2D eigenvalue weighted by atomic mass is 9.77. The highest BCUT2D eigenvalue weighted by molar-refractivity contribution is 6.23. The average molecular weight is 689 g/mol. The van der Waals surface area contributed by atoms with E-state index in [0.717, 1.165) is 0 Å². The van der Waals surface area contributed by atoms with Gasteiger partial charge in [0.25, 0.3) is 0 Å². The van der Waals surface area contributed by atoms with Gasteiger partial charge in [-0.05, 0) is 128 Å². The average Bonchev–Trinajstić information content (AvgIpc) is 3.59. The predicted octanol–water partition coefficient (Wildman–Crippen LogP) is 14.8. The Hall–Kier alpha value is -6.24. The van der Waals surface area contributed by atoms with E-state index in [2.05, 4.69) is 198 Å². The molecule has 0 spiro atoms. The fraction of sp³-hybridized carbons (Fsp3) is 0.111. The summed E-state index contributed by atoms with van der Waals surface area (Å²) in [5, 5.41) is 7.64. The van der Waals surface area contributed by atoms with Crippen molar-refractivity contribution in [1.82, 2.24) is 0 Å². The molecule has 9 aromatic carbocycles. The molecule has 0 radical (unpaired) electrons. The third-order valence-corrected chi connectivity index (χ3v) is 12.8. The topological polar surface area (TPSA) is 0 Å². The fourth-order valence-corrected chi connectivity index (χ4v) is 10.3. The summed E-state index contributed by atoms with van der Waals surface area (Å²) in [6.07, 6.45) is 0. The molecule has 0 N–H and O–H groups in total. The zero-order valence-electron chi connectivity index (χ0n) is 31.2. The first-order valence-corrected chi connectivity index (χ1v) is 19.3. The molecule has 0 nitrogen and oxygen atoms in total. The van der Waals surface area contributed by atoms with Crippen LogP contribution in [0.1, 0.15) is 49.9 Å². The van der Waals surface area contributed by atoms with Crippen LogP contribution >= 0.6 is 0 Å². The molecule has 0 heteroatoms. The van der Waals surface area contributed by atoms with Crippen LogP contribution < -0.4 is 0 Å². The van der Waals surface area contributed by atoms with Gasteiger partial charge < -0.3 is 0 Å². The number of hydrogen-bond acceptors (Lipinski definition) is 0. The second kappa shape index (κ2) is 11.1.